The number of rotatable bonds is 1. The van der Waals surface area contributed by atoms with Crippen LogP contribution in [0.4, 0.5) is 0 Å². The van der Waals surface area contributed by atoms with E-state index in [-0.39, 0.29) is 0 Å². The molecule has 1 heteroatoms. The van der Waals surface area contributed by atoms with E-state index in [1.54, 1.807) is 7.11 Å². The normalized spacial score (nSPS) is 9.32. The van der Waals surface area contributed by atoms with Crippen LogP contribution in [0, 0.1) is 23.7 Å². The van der Waals surface area contributed by atoms with E-state index in [0.29, 0.717) is 0 Å². The van der Waals surface area contributed by atoms with Crippen LogP contribution in [0.1, 0.15) is 11.1 Å². The van der Waals surface area contributed by atoms with Gasteiger partial charge < -0.3 is 4.74 Å². The minimum absolute atomic E-state index is 0.826. The first-order chi connectivity index (χ1) is 10.9. The van der Waals surface area contributed by atoms with Crippen molar-refractivity contribution in [3.05, 3.63) is 77.9 Å². The summed E-state index contributed by atoms with van der Waals surface area (Å²) in [6, 6.07) is 22.0. The summed E-state index contributed by atoms with van der Waals surface area (Å²) >= 11 is 0. The molecule has 0 aliphatic carbocycles. The Bertz CT molecular complexity index is 908. The van der Waals surface area contributed by atoms with Crippen molar-refractivity contribution >= 4 is 10.8 Å². The monoisotopic (exact) mass is 282 g/mol. The Morgan fingerprint density at radius 3 is 2.27 bits per heavy atom. The van der Waals surface area contributed by atoms with Gasteiger partial charge in [-0.2, -0.15) is 0 Å². The van der Waals surface area contributed by atoms with Gasteiger partial charge in [-0.1, -0.05) is 48.2 Å². The summed E-state index contributed by atoms with van der Waals surface area (Å²) in [6.07, 6.45) is 0. The van der Waals surface area contributed by atoms with Gasteiger partial charge in [0.05, 0.1) is 7.11 Å². The summed E-state index contributed by atoms with van der Waals surface area (Å²) in [4.78, 5) is 0. The lowest BCUT2D eigenvalue weighted by Crippen LogP contribution is -1.81. The quantitative estimate of drug-likeness (QED) is 0.606. The summed E-state index contributed by atoms with van der Waals surface area (Å²) < 4.78 is 5.12. The molecule has 22 heavy (non-hydrogen) atoms. The highest BCUT2D eigenvalue weighted by Crippen LogP contribution is 2.17. The smallest absolute Gasteiger partial charge is 0.118 e. The lowest BCUT2D eigenvalue weighted by atomic mass is 10.1. The maximum absolute atomic E-state index is 5.12. The highest BCUT2D eigenvalue weighted by molar-refractivity contribution is 5.88. The molecule has 0 aromatic heterocycles. The van der Waals surface area contributed by atoms with E-state index in [2.05, 4.69) is 41.9 Å². The van der Waals surface area contributed by atoms with Gasteiger partial charge in [0.1, 0.15) is 5.75 Å². The van der Waals surface area contributed by atoms with Crippen LogP contribution in [-0.4, -0.2) is 7.11 Å². The van der Waals surface area contributed by atoms with Crippen molar-refractivity contribution in [2.24, 2.45) is 0 Å². The SMILES string of the molecule is COc1ccc(C#CC#Cc2cccc3ccccc23)cc1. The molecule has 0 fully saturated rings. The molecule has 104 valence electrons. The van der Waals surface area contributed by atoms with Crippen LogP contribution >= 0.6 is 0 Å². The summed E-state index contributed by atoms with van der Waals surface area (Å²) in [7, 11) is 1.65. The number of hydrogen-bond acceptors (Lipinski definition) is 1. The largest absolute Gasteiger partial charge is 0.497 e. The maximum Gasteiger partial charge on any atom is 0.118 e. The molecular formula is C21H14O. The molecule has 0 heterocycles. The summed E-state index contributed by atoms with van der Waals surface area (Å²) in [5, 5.41) is 2.35. The van der Waals surface area contributed by atoms with Crippen molar-refractivity contribution in [1.82, 2.24) is 0 Å². The second-order valence-electron chi connectivity index (χ2n) is 4.76. The fraction of sp³-hybridized carbons (Fsp3) is 0.0476. The minimum Gasteiger partial charge on any atom is -0.497 e. The second kappa shape index (κ2) is 6.53. The van der Waals surface area contributed by atoms with Gasteiger partial charge in [0, 0.05) is 11.1 Å². The third kappa shape index (κ3) is 3.11. The third-order valence-electron chi connectivity index (χ3n) is 3.35. The molecule has 0 aliphatic rings. The van der Waals surface area contributed by atoms with Crippen LogP contribution in [-0.2, 0) is 0 Å². The molecule has 0 saturated heterocycles. The molecule has 0 atom stereocenters. The molecule has 0 N–H and O–H groups in total. The number of ether oxygens (including phenoxy) is 1. The Morgan fingerprint density at radius 1 is 0.727 bits per heavy atom. The van der Waals surface area contributed by atoms with E-state index in [4.69, 9.17) is 4.74 Å². The van der Waals surface area contributed by atoms with Crippen molar-refractivity contribution < 1.29 is 4.74 Å². The van der Waals surface area contributed by atoms with Gasteiger partial charge in [-0.15, -0.1) is 0 Å². The molecule has 1 nitrogen and oxygen atoms in total. The predicted molar refractivity (Wildman–Crippen MR) is 90.7 cm³/mol. The van der Waals surface area contributed by atoms with Gasteiger partial charge >= 0.3 is 0 Å². The topological polar surface area (TPSA) is 9.23 Å². The van der Waals surface area contributed by atoms with E-state index in [9.17, 15) is 0 Å². The number of fused-ring (bicyclic) bond motifs is 1. The number of hydrogen-bond donors (Lipinski definition) is 0. The van der Waals surface area contributed by atoms with Crippen LogP contribution in [0.3, 0.4) is 0 Å². The molecule has 3 aromatic rings. The zero-order chi connectivity index (χ0) is 15.2. The van der Waals surface area contributed by atoms with E-state index in [0.717, 1.165) is 22.3 Å². The van der Waals surface area contributed by atoms with Gasteiger partial charge in [-0.05, 0) is 52.9 Å². The first-order valence-corrected chi connectivity index (χ1v) is 7.01. The molecule has 3 rings (SSSR count). The van der Waals surface area contributed by atoms with Crippen LogP contribution in [0.2, 0.25) is 0 Å². The van der Waals surface area contributed by atoms with Crippen molar-refractivity contribution in [3.8, 4) is 29.4 Å². The lowest BCUT2D eigenvalue weighted by molar-refractivity contribution is 0.415. The summed E-state index contributed by atoms with van der Waals surface area (Å²) in [5.41, 5.74) is 1.93. The molecule has 0 saturated carbocycles. The van der Waals surface area contributed by atoms with E-state index < -0.39 is 0 Å². The number of methoxy groups -OCH3 is 1. The zero-order valence-corrected chi connectivity index (χ0v) is 12.3. The zero-order valence-electron chi connectivity index (χ0n) is 12.3. The van der Waals surface area contributed by atoms with Crippen molar-refractivity contribution in [2.45, 2.75) is 0 Å². The van der Waals surface area contributed by atoms with Gasteiger partial charge in [0.2, 0.25) is 0 Å². The van der Waals surface area contributed by atoms with Gasteiger partial charge in [-0.25, -0.2) is 0 Å². The third-order valence-corrected chi connectivity index (χ3v) is 3.35. The van der Waals surface area contributed by atoms with Crippen LogP contribution in [0.5, 0.6) is 5.75 Å². The molecule has 0 spiro atoms. The van der Waals surface area contributed by atoms with Gasteiger partial charge in [-0.3, -0.25) is 0 Å². The predicted octanol–water partition coefficient (Wildman–Crippen LogP) is 4.25. The van der Waals surface area contributed by atoms with Crippen molar-refractivity contribution in [3.63, 3.8) is 0 Å². The Kier molecular flexibility index (Phi) is 4.10. The summed E-state index contributed by atoms with van der Waals surface area (Å²) in [5.74, 6) is 12.8. The molecule has 0 amide bonds. The van der Waals surface area contributed by atoms with Crippen molar-refractivity contribution in [1.29, 1.82) is 0 Å². The second-order valence-corrected chi connectivity index (χ2v) is 4.76. The fourth-order valence-electron chi connectivity index (χ4n) is 2.21. The van der Waals surface area contributed by atoms with Crippen LogP contribution < -0.4 is 4.74 Å². The molecule has 0 radical (unpaired) electrons. The first-order valence-electron chi connectivity index (χ1n) is 7.01. The average molecular weight is 282 g/mol. The van der Waals surface area contributed by atoms with E-state index in [1.165, 1.54) is 5.39 Å². The summed E-state index contributed by atoms with van der Waals surface area (Å²) in [6.45, 7) is 0. The standard InChI is InChI=1S/C21H14O/c1-22-20-15-13-17(14-16-20)7-2-3-8-18-10-6-11-19-9-4-5-12-21(18)19/h4-6,9-16H,1H3. The highest BCUT2D eigenvalue weighted by atomic mass is 16.5. The maximum atomic E-state index is 5.12. The van der Waals surface area contributed by atoms with Gasteiger partial charge in [0.25, 0.3) is 0 Å². The first kappa shape index (κ1) is 13.8. The Balaban J connectivity index is 1.85. The van der Waals surface area contributed by atoms with Crippen LogP contribution in [0.25, 0.3) is 10.8 Å². The van der Waals surface area contributed by atoms with Crippen molar-refractivity contribution in [2.75, 3.05) is 7.11 Å². The highest BCUT2D eigenvalue weighted by Gasteiger charge is 1.95. The van der Waals surface area contributed by atoms with Crippen LogP contribution in [0.15, 0.2) is 66.7 Å². The molecule has 0 aliphatic heterocycles. The Morgan fingerprint density at radius 2 is 1.45 bits per heavy atom. The minimum atomic E-state index is 0.826. The van der Waals surface area contributed by atoms with E-state index in [1.807, 2.05) is 48.5 Å². The van der Waals surface area contributed by atoms with Gasteiger partial charge in [0.15, 0.2) is 0 Å². The molecular weight excluding hydrogens is 268 g/mol. The Hall–Kier alpha value is -3.16. The number of benzene rings is 3. The Labute approximate surface area is 130 Å². The molecule has 3 aromatic carbocycles. The average Bonchev–Trinajstić information content (AvgIpc) is 2.59. The fourth-order valence-corrected chi connectivity index (χ4v) is 2.21. The lowest BCUT2D eigenvalue weighted by Gasteiger charge is -1.98. The molecule has 0 bridgehead atoms. The van der Waals surface area contributed by atoms with E-state index >= 15 is 0 Å². The molecule has 0 unspecified atom stereocenters.